The lowest BCUT2D eigenvalue weighted by Gasteiger charge is -2.31. The molecule has 1 atom stereocenters. The molecule has 2 rings (SSSR count). The van der Waals surface area contributed by atoms with Crippen LogP contribution in [-0.2, 0) is 11.7 Å². The molecule has 1 aliphatic heterocycles. The summed E-state index contributed by atoms with van der Waals surface area (Å²) in [6.07, 6.45) is 2.34. The Kier molecular flexibility index (Phi) is 4.19. The SMILES string of the molecule is [CH2]c1ccc(CN2CCC2)cc1C([O])CCC. The largest absolute Gasteiger partial charge is 0.299 e. The number of rotatable bonds is 5. The number of nitrogens with zero attached hydrogens (tertiary/aromatic N) is 1. The van der Waals surface area contributed by atoms with Gasteiger partial charge in [0.25, 0.3) is 0 Å². The Morgan fingerprint density at radius 3 is 2.76 bits per heavy atom. The van der Waals surface area contributed by atoms with Crippen LogP contribution in [0.4, 0.5) is 0 Å². The molecular weight excluding hydrogens is 210 g/mol. The minimum atomic E-state index is -0.608. The van der Waals surface area contributed by atoms with Gasteiger partial charge in [-0.2, -0.15) is 0 Å². The molecule has 1 heterocycles. The number of benzene rings is 1. The van der Waals surface area contributed by atoms with E-state index < -0.39 is 6.10 Å². The molecule has 1 aromatic rings. The van der Waals surface area contributed by atoms with Crippen LogP contribution in [-0.4, -0.2) is 18.0 Å². The molecule has 0 aliphatic carbocycles. The fourth-order valence-corrected chi connectivity index (χ4v) is 2.26. The molecule has 92 valence electrons. The lowest BCUT2D eigenvalue weighted by Crippen LogP contribution is -2.36. The third-order valence-corrected chi connectivity index (χ3v) is 3.46. The van der Waals surface area contributed by atoms with Gasteiger partial charge in [-0.3, -0.25) is 4.90 Å². The van der Waals surface area contributed by atoms with Crippen LogP contribution in [0.25, 0.3) is 0 Å². The average Bonchev–Trinajstić information content (AvgIpc) is 2.25. The summed E-state index contributed by atoms with van der Waals surface area (Å²) in [5, 5.41) is 12.0. The van der Waals surface area contributed by atoms with E-state index in [-0.39, 0.29) is 0 Å². The third kappa shape index (κ3) is 3.08. The second-order valence-corrected chi connectivity index (χ2v) is 4.94. The summed E-state index contributed by atoms with van der Waals surface area (Å²) in [5.74, 6) is 0. The Morgan fingerprint density at radius 2 is 2.18 bits per heavy atom. The smallest absolute Gasteiger partial charge is 0.118 e. The monoisotopic (exact) mass is 231 g/mol. The van der Waals surface area contributed by atoms with Gasteiger partial charge in [-0.05, 0) is 49.5 Å². The summed E-state index contributed by atoms with van der Waals surface area (Å²) < 4.78 is 0. The lowest BCUT2D eigenvalue weighted by atomic mass is 9.97. The fourth-order valence-electron chi connectivity index (χ4n) is 2.26. The van der Waals surface area contributed by atoms with Crippen LogP contribution >= 0.6 is 0 Å². The summed E-state index contributed by atoms with van der Waals surface area (Å²) in [4.78, 5) is 2.40. The first-order valence-corrected chi connectivity index (χ1v) is 6.53. The van der Waals surface area contributed by atoms with Crippen LogP contribution in [0.1, 0.15) is 49.0 Å². The maximum absolute atomic E-state index is 12.0. The Labute approximate surface area is 104 Å². The fraction of sp³-hybridized carbons (Fsp3) is 0.533. The summed E-state index contributed by atoms with van der Waals surface area (Å²) in [7, 11) is 0. The molecule has 17 heavy (non-hydrogen) atoms. The van der Waals surface area contributed by atoms with Gasteiger partial charge in [0, 0.05) is 6.54 Å². The van der Waals surface area contributed by atoms with Gasteiger partial charge in [-0.15, -0.1) is 0 Å². The Hall–Kier alpha value is -0.860. The molecule has 1 saturated heterocycles. The minimum Gasteiger partial charge on any atom is -0.299 e. The van der Waals surface area contributed by atoms with E-state index in [9.17, 15) is 5.11 Å². The highest BCUT2D eigenvalue weighted by Crippen LogP contribution is 2.24. The van der Waals surface area contributed by atoms with Gasteiger partial charge < -0.3 is 0 Å². The molecule has 2 nitrogen and oxygen atoms in total. The van der Waals surface area contributed by atoms with Crippen molar-refractivity contribution >= 4 is 0 Å². The molecule has 0 aromatic heterocycles. The van der Waals surface area contributed by atoms with E-state index in [1.807, 2.05) is 6.07 Å². The molecule has 0 spiro atoms. The molecule has 1 unspecified atom stereocenters. The zero-order chi connectivity index (χ0) is 12.3. The van der Waals surface area contributed by atoms with Crippen LogP contribution in [0.15, 0.2) is 18.2 Å². The molecule has 1 aromatic carbocycles. The van der Waals surface area contributed by atoms with Crippen LogP contribution in [0.2, 0.25) is 0 Å². The molecule has 2 heteroatoms. The molecular formula is C15H21NO. The van der Waals surface area contributed by atoms with E-state index in [0.29, 0.717) is 6.42 Å². The van der Waals surface area contributed by atoms with Gasteiger partial charge in [-0.1, -0.05) is 31.5 Å². The number of hydrogen-bond donors (Lipinski definition) is 0. The highest BCUT2D eigenvalue weighted by Gasteiger charge is 2.16. The van der Waals surface area contributed by atoms with Crippen molar-refractivity contribution in [2.45, 2.75) is 38.8 Å². The zero-order valence-electron chi connectivity index (χ0n) is 10.6. The topological polar surface area (TPSA) is 23.1 Å². The van der Waals surface area contributed by atoms with Gasteiger partial charge in [-0.25, -0.2) is 5.11 Å². The molecule has 2 radical (unpaired) electrons. The van der Waals surface area contributed by atoms with Crippen LogP contribution < -0.4 is 0 Å². The first-order valence-electron chi connectivity index (χ1n) is 6.53. The molecule has 1 fully saturated rings. The molecule has 0 bridgehead atoms. The van der Waals surface area contributed by atoms with Gasteiger partial charge in [0.2, 0.25) is 0 Å². The first kappa shape index (κ1) is 12.6. The average molecular weight is 231 g/mol. The number of likely N-dealkylation sites (tertiary alicyclic amines) is 1. The van der Waals surface area contributed by atoms with Crippen molar-refractivity contribution in [1.29, 1.82) is 0 Å². The Balaban J connectivity index is 2.10. The van der Waals surface area contributed by atoms with E-state index in [1.165, 1.54) is 25.1 Å². The Morgan fingerprint density at radius 1 is 1.41 bits per heavy atom. The molecule has 0 N–H and O–H groups in total. The quantitative estimate of drug-likeness (QED) is 0.762. The van der Waals surface area contributed by atoms with Gasteiger partial charge in [0.15, 0.2) is 0 Å². The predicted octanol–water partition coefficient (Wildman–Crippen LogP) is 3.35. The van der Waals surface area contributed by atoms with Gasteiger partial charge in [0.05, 0.1) is 0 Å². The van der Waals surface area contributed by atoms with Crippen molar-refractivity contribution in [3.8, 4) is 0 Å². The normalized spacial score (nSPS) is 17.8. The highest BCUT2D eigenvalue weighted by atomic mass is 16.3. The van der Waals surface area contributed by atoms with E-state index in [2.05, 4.69) is 30.9 Å². The van der Waals surface area contributed by atoms with Gasteiger partial charge in [0.1, 0.15) is 6.10 Å². The van der Waals surface area contributed by atoms with E-state index in [1.54, 1.807) is 0 Å². The first-order chi connectivity index (χ1) is 8.20. The summed E-state index contributed by atoms with van der Waals surface area (Å²) in [6, 6.07) is 6.15. The molecule has 0 amide bonds. The van der Waals surface area contributed by atoms with Crippen molar-refractivity contribution < 1.29 is 5.11 Å². The minimum absolute atomic E-state index is 0.608. The summed E-state index contributed by atoms with van der Waals surface area (Å²) in [6.45, 7) is 9.38. The second-order valence-electron chi connectivity index (χ2n) is 4.94. The highest BCUT2D eigenvalue weighted by molar-refractivity contribution is 5.35. The maximum Gasteiger partial charge on any atom is 0.118 e. The third-order valence-electron chi connectivity index (χ3n) is 3.46. The van der Waals surface area contributed by atoms with E-state index in [0.717, 1.165) is 24.1 Å². The maximum atomic E-state index is 12.0. The van der Waals surface area contributed by atoms with Crippen LogP contribution in [0, 0.1) is 6.92 Å². The van der Waals surface area contributed by atoms with Crippen molar-refractivity contribution in [3.05, 3.63) is 41.8 Å². The van der Waals surface area contributed by atoms with Crippen molar-refractivity contribution in [3.63, 3.8) is 0 Å². The summed E-state index contributed by atoms with van der Waals surface area (Å²) in [5.41, 5.74) is 3.04. The van der Waals surface area contributed by atoms with Crippen molar-refractivity contribution in [2.24, 2.45) is 0 Å². The zero-order valence-corrected chi connectivity index (χ0v) is 10.6. The summed E-state index contributed by atoms with van der Waals surface area (Å²) >= 11 is 0. The van der Waals surface area contributed by atoms with E-state index in [4.69, 9.17) is 0 Å². The standard InChI is InChI=1S/C15H21NO/c1-3-5-15(17)14-10-13(7-6-12(14)2)11-16-8-4-9-16/h6-7,10,15H,2-5,8-9,11H2,1H3. The second kappa shape index (κ2) is 5.65. The van der Waals surface area contributed by atoms with Crippen molar-refractivity contribution in [2.75, 3.05) is 13.1 Å². The predicted molar refractivity (Wildman–Crippen MR) is 69.1 cm³/mol. The number of hydrogen-bond acceptors (Lipinski definition) is 1. The Bertz CT molecular complexity index is 371. The van der Waals surface area contributed by atoms with Crippen LogP contribution in [0.3, 0.4) is 0 Å². The van der Waals surface area contributed by atoms with Crippen molar-refractivity contribution in [1.82, 2.24) is 4.90 Å². The van der Waals surface area contributed by atoms with Gasteiger partial charge >= 0.3 is 0 Å². The molecule has 1 aliphatic rings. The lowest BCUT2D eigenvalue weighted by molar-refractivity contribution is 0.0800. The van der Waals surface area contributed by atoms with E-state index >= 15 is 0 Å². The molecule has 0 saturated carbocycles. The van der Waals surface area contributed by atoms with Crippen LogP contribution in [0.5, 0.6) is 0 Å².